The van der Waals surface area contributed by atoms with Gasteiger partial charge < -0.3 is 18.7 Å². The van der Waals surface area contributed by atoms with Crippen LogP contribution in [0.1, 0.15) is 22.8 Å². The third-order valence-corrected chi connectivity index (χ3v) is 6.72. The van der Waals surface area contributed by atoms with E-state index in [1.165, 1.54) is 0 Å². The molecule has 0 unspecified atom stereocenters. The number of ether oxygens (including phenoxy) is 1. The number of halogens is 1. The van der Waals surface area contributed by atoms with Crippen LogP contribution in [0.25, 0.3) is 22.8 Å². The second kappa shape index (κ2) is 12.7. The van der Waals surface area contributed by atoms with Crippen LogP contribution in [0.5, 0.6) is 5.75 Å². The Hall–Kier alpha value is -4.33. The topological polar surface area (TPSA) is 88.9 Å². The number of benzene rings is 3. The molecule has 0 fully saturated rings. The van der Waals surface area contributed by atoms with Gasteiger partial charge in [-0.1, -0.05) is 54.1 Å². The maximum absolute atomic E-state index is 11.5. The van der Waals surface area contributed by atoms with Crippen molar-refractivity contribution < 1.29 is 23.5 Å². The van der Waals surface area contributed by atoms with Gasteiger partial charge in [0.1, 0.15) is 23.0 Å². The average molecular weight is 557 g/mol. The highest BCUT2D eigenvalue weighted by Crippen LogP contribution is 2.29. The van der Waals surface area contributed by atoms with Gasteiger partial charge in [-0.2, -0.15) is 0 Å². The molecule has 0 radical (unpaired) electrons. The molecule has 8 heteroatoms. The van der Waals surface area contributed by atoms with Crippen LogP contribution in [-0.2, 0) is 24.3 Å². The van der Waals surface area contributed by atoms with E-state index in [4.69, 9.17) is 25.2 Å². The summed E-state index contributed by atoms with van der Waals surface area (Å²) in [4.78, 5) is 18.0. The molecule has 0 atom stereocenters. The quantitative estimate of drug-likeness (QED) is 0.173. The van der Waals surface area contributed by atoms with Crippen molar-refractivity contribution in [3.8, 4) is 28.5 Å². The lowest BCUT2D eigenvalue weighted by Crippen LogP contribution is -2.28. The molecule has 1 N–H and O–H groups in total. The normalized spacial score (nSPS) is 11.2. The van der Waals surface area contributed by atoms with Crippen molar-refractivity contribution in [1.29, 1.82) is 0 Å². The summed E-state index contributed by atoms with van der Waals surface area (Å²) in [6.07, 6.45) is 0.621. The van der Waals surface area contributed by atoms with Crippen LogP contribution >= 0.6 is 11.6 Å². The lowest BCUT2D eigenvalue weighted by atomic mass is 10.2. The van der Waals surface area contributed by atoms with Crippen LogP contribution in [0.4, 0.5) is 0 Å². The van der Waals surface area contributed by atoms with Crippen LogP contribution in [0.15, 0.2) is 99.8 Å². The van der Waals surface area contributed by atoms with E-state index in [0.717, 1.165) is 33.9 Å². The van der Waals surface area contributed by atoms with Crippen molar-refractivity contribution in [2.45, 2.75) is 26.4 Å². The molecule has 0 spiro atoms. The van der Waals surface area contributed by atoms with Gasteiger partial charge in [-0.3, -0.25) is 9.69 Å². The molecule has 0 amide bonds. The van der Waals surface area contributed by atoms with Crippen LogP contribution < -0.4 is 4.74 Å². The highest BCUT2D eigenvalue weighted by molar-refractivity contribution is 6.33. The van der Waals surface area contributed by atoms with E-state index in [2.05, 4.69) is 4.98 Å². The second-order valence-electron chi connectivity index (χ2n) is 9.42. The lowest BCUT2D eigenvalue weighted by Gasteiger charge is -2.19. The van der Waals surface area contributed by atoms with Crippen molar-refractivity contribution in [3.63, 3.8) is 0 Å². The van der Waals surface area contributed by atoms with E-state index in [1.54, 1.807) is 6.07 Å². The molecule has 0 saturated carbocycles. The number of hydrogen-bond donors (Lipinski definition) is 1. The molecule has 5 aromatic rings. The zero-order valence-electron chi connectivity index (χ0n) is 22.0. The van der Waals surface area contributed by atoms with Gasteiger partial charge in [0, 0.05) is 24.1 Å². The van der Waals surface area contributed by atoms with Crippen LogP contribution in [0.3, 0.4) is 0 Å². The first-order valence-corrected chi connectivity index (χ1v) is 13.3. The van der Waals surface area contributed by atoms with Gasteiger partial charge in [0.2, 0.25) is 5.89 Å². The van der Waals surface area contributed by atoms with Gasteiger partial charge >= 0.3 is 5.97 Å². The van der Waals surface area contributed by atoms with Crippen LogP contribution in [0.2, 0.25) is 5.02 Å². The first-order valence-electron chi connectivity index (χ1n) is 13.0. The molecule has 0 bridgehead atoms. The highest BCUT2D eigenvalue weighted by atomic mass is 35.5. The second-order valence-corrected chi connectivity index (χ2v) is 9.82. The number of carboxylic acid groups (broad SMARTS) is 1. The fourth-order valence-electron chi connectivity index (χ4n) is 4.43. The Morgan fingerprint density at radius 3 is 2.42 bits per heavy atom. The molecule has 2 heterocycles. The average Bonchev–Trinajstić information content (AvgIpc) is 3.56. The van der Waals surface area contributed by atoms with Crippen molar-refractivity contribution in [3.05, 3.63) is 119 Å². The number of carbonyl (C=O) groups is 1. The molecule has 2 aromatic heterocycles. The lowest BCUT2D eigenvalue weighted by molar-refractivity contribution is -0.138. The summed E-state index contributed by atoms with van der Waals surface area (Å²) >= 11 is 6.29. The van der Waals surface area contributed by atoms with Gasteiger partial charge in [0.25, 0.3) is 0 Å². The monoisotopic (exact) mass is 556 g/mol. The zero-order chi connectivity index (χ0) is 27.9. The maximum atomic E-state index is 11.5. The van der Waals surface area contributed by atoms with Crippen LogP contribution in [-0.4, -0.2) is 34.1 Å². The number of oxazole rings is 1. The summed E-state index contributed by atoms with van der Waals surface area (Å²) in [5, 5.41) is 10.1. The number of aliphatic carboxylic acids is 1. The van der Waals surface area contributed by atoms with Gasteiger partial charge in [-0.25, -0.2) is 4.98 Å². The smallest absolute Gasteiger partial charge is 0.317 e. The maximum Gasteiger partial charge on any atom is 0.317 e. The molecule has 3 aromatic carbocycles. The fourth-order valence-corrected chi connectivity index (χ4v) is 4.66. The fraction of sp³-hybridized carbons (Fsp3) is 0.188. The predicted octanol–water partition coefficient (Wildman–Crippen LogP) is 7.27. The number of carboxylic acids is 1. The minimum absolute atomic E-state index is 0.123. The van der Waals surface area contributed by atoms with Gasteiger partial charge in [0.05, 0.1) is 30.4 Å². The van der Waals surface area contributed by atoms with Crippen molar-refractivity contribution >= 4 is 17.6 Å². The van der Waals surface area contributed by atoms with Crippen molar-refractivity contribution in [2.24, 2.45) is 0 Å². The van der Waals surface area contributed by atoms with Crippen molar-refractivity contribution in [1.82, 2.24) is 9.88 Å². The molecule has 5 rings (SSSR count). The van der Waals surface area contributed by atoms with E-state index < -0.39 is 5.97 Å². The van der Waals surface area contributed by atoms with E-state index in [9.17, 15) is 9.90 Å². The molecular weight excluding hydrogens is 528 g/mol. The minimum atomic E-state index is -0.906. The van der Waals surface area contributed by atoms with E-state index >= 15 is 0 Å². The summed E-state index contributed by atoms with van der Waals surface area (Å²) < 4.78 is 17.8. The first kappa shape index (κ1) is 27.2. The molecule has 0 aliphatic carbocycles. The Kier molecular flexibility index (Phi) is 8.64. The third-order valence-electron chi connectivity index (χ3n) is 6.39. The molecular formula is C32H29ClN2O5. The molecule has 7 nitrogen and oxygen atoms in total. The van der Waals surface area contributed by atoms with Gasteiger partial charge in [-0.05, 0) is 61.0 Å². The molecule has 40 heavy (non-hydrogen) atoms. The minimum Gasteiger partial charge on any atom is -0.493 e. The largest absolute Gasteiger partial charge is 0.493 e. The standard InChI is InChI=1S/C32H29ClN2O5/c1-22-29(34-32(39-22)24-7-3-2-4-8-24)17-18-38-25-13-11-23(12-14-25)19-35(21-31(36)37)20-26-15-16-30(40-26)27-9-5-6-10-28(27)33/h2-16H,17-21H2,1H3,(H,36,37). The first-order chi connectivity index (χ1) is 19.4. The SMILES string of the molecule is Cc1oc(-c2ccccc2)nc1CCOc1ccc(CN(CC(=O)O)Cc2ccc(-c3ccccc3Cl)o2)cc1. The summed E-state index contributed by atoms with van der Waals surface area (Å²) in [5.74, 6) is 2.53. The van der Waals surface area contributed by atoms with Gasteiger partial charge in [0.15, 0.2) is 0 Å². The molecule has 0 aliphatic heterocycles. The summed E-state index contributed by atoms with van der Waals surface area (Å²) in [6, 6.07) is 28.6. The Balaban J connectivity index is 1.17. The number of aryl methyl sites for hydroxylation is 1. The Morgan fingerprint density at radius 2 is 1.68 bits per heavy atom. The molecule has 0 saturated heterocycles. The Labute approximate surface area is 237 Å². The van der Waals surface area contributed by atoms with Crippen LogP contribution in [0, 0.1) is 6.92 Å². The number of furan rings is 1. The van der Waals surface area contributed by atoms with E-state index in [0.29, 0.717) is 48.6 Å². The zero-order valence-corrected chi connectivity index (χ0v) is 22.8. The Bertz CT molecular complexity index is 1560. The van der Waals surface area contributed by atoms with Gasteiger partial charge in [-0.15, -0.1) is 0 Å². The predicted molar refractivity (Wildman–Crippen MR) is 153 cm³/mol. The molecule has 0 aliphatic rings. The number of nitrogens with zero attached hydrogens (tertiary/aromatic N) is 2. The number of aromatic nitrogens is 1. The van der Waals surface area contributed by atoms with E-state index in [1.807, 2.05) is 96.8 Å². The number of rotatable bonds is 12. The third kappa shape index (κ3) is 7.00. The number of hydrogen-bond acceptors (Lipinski definition) is 6. The molecule has 204 valence electrons. The van der Waals surface area contributed by atoms with Crippen molar-refractivity contribution in [2.75, 3.05) is 13.2 Å². The summed E-state index contributed by atoms with van der Waals surface area (Å²) in [6.45, 7) is 3.03. The summed E-state index contributed by atoms with van der Waals surface area (Å²) in [5.41, 5.74) is 3.58. The van der Waals surface area contributed by atoms with E-state index in [-0.39, 0.29) is 6.54 Å². The highest BCUT2D eigenvalue weighted by Gasteiger charge is 2.16. The Morgan fingerprint density at radius 1 is 0.925 bits per heavy atom. The summed E-state index contributed by atoms with van der Waals surface area (Å²) in [7, 11) is 0.